The standard InChI is InChI=1S/C22H20N4O4/c1-14-10-18(16-4-2-3-5-17(16)23-14)24-21(27)12-25-8-9-26(22(25)28)15-6-7-19-20(11-15)30-13-29-19/h2-7,10-11H,8-9,12-13H2,1H3,(H,23,24,27). The molecule has 0 bridgehead atoms. The molecule has 0 radical (unpaired) electrons. The van der Waals surface area contributed by atoms with E-state index in [9.17, 15) is 9.59 Å². The number of aromatic nitrogens is 1. The SMILES string of the molecule is Cc1cc(NC(=O)CN2CCN(c3ccc4c(c3)OCO4)C2=O)c2ccccc2n1. The second-order valence-corrected chi connectivity index (χ2v) is 7.27. The Balaban J connectivity index is 1.29. The fourth-order valence-corrected chi connectivity index (χ4v) is 3.80. The third-order valence-electron chi connectivity index (χ3n) is 5.22. The second-order valence-electron chi connectivity index (χ2n) is 7.27. The number of fused-ring (bicyclic) bond motifs is 2. The van der Waals surface area contributed by atoms with Crippen molar-refractivity contribution >= 4 is 34.2 Å². The van der Waals surface area contributed by atoms with E-state index in [0.717, 1.165) is 22.3 Å². The number of amides is 3. The van der Waals surface area contributed by atoms with Gasteiger partial charge in [-0.1, -0.05) is 18.2 Å². The number of hydrogen-bond acceptors (Lipinski definition) is 5. The Morgan fingerprint density at radius 3 is 2.83 bits per heavy atom. The van der Waals surface area contributed by atoms with Crippen LogP contribution in [0.1, 0.15) is 5.69 Å². The first-order valence-corrected chi connectivity index (χ1v) is 9.71. The van der Waals surface area contributed by atoms with E-state index < -0.39 is 0 Å². The smallest absolute Gasteiger partial charge is 0.325 e. The number of nitrogens with one attached hydrogen (secondary N) is 1. The summed E-state index contributed by atoms with van der Waals surface area (Å²) < 4.78 is 10.7. The summed E-state index contributed by atoms with van der Waals surface area (Å²) in [5.74, 6) is 1.05. The van der Waals surface area contributed by atoms with Gasteiger partial charge in [-0.05, 0) is 31.2 Å². The van der Waals surface area contributed by atoms with Crippen molar-refractivity contribution in [1.29, 1.82) is 0 Å². The molecule has 2 aliphatic heterocycles. The van der Waals surface area contributed by atoms with Gasteiger partial charge in [0.05, 0.1) is 11.2 Å². The molecule has 8 heteroatoms. The predicted molar refractivity (Wildman–Crippen MR) is 112 cm³/mol. The maximum absolute atomic E-state index is 12.9. The van der Waals surface area contributed by atoms with Gasteiger partial charge in [-0.15, -0.1) is 0 Å². The molecule has 0 saturated carbocycles. The van der Waals surface area contributed by atoms with Gasteiger partial charge in [-0.2, -0.15) is 0 Å². The lowest BCUT2D eigenvalue weighted by Gasteiger charge is -2.19. The fourth-order valence-electron chi connectivity index (χ4n) is 3.80. The topological polar surface area (TPSA) is 84.0 Å². The molecule has 3 aromatic rings. The lowest BCUT2D eigenvalue weighted by atomic mass is 10.1. The lowest BCUT2D eigenvalue weighted by Crippen LogP contribution is -2.37. The van der Waals surface area contributed by atoms with Gasteiger partial charge in [-0.25, -0.2) is 4.79 Å². The maximum Gasteiger partial charge on any atom is 0.325 e. The maximum atomic E-state index is 12.9. The van der Waals surface area contributed by atoms with Crippen LogP contribution in [0.25, 0.3) is 10.9 Å². The molecule has 3 amide bonds. The second kappa shape index (κ2) is 7.22. The molecule has 0 atom stereocenters. The van der Waals surface area contributed by atoms with Crippen LogP contribution < -0.4 is 19.7 Å². The largest absolute Gasteiger partial charge is 0.454 e. The van der Waals surface area contributed by atoms with E-state index in [0.29, 0.717) is 30.3 Å². The first-order chi connectivity index (χ1) is 14.6. The Kier molecular flexibility index (Phi) is 4.39. The first kappa shape index (κ1) is 18.2. The van der Waals surface area contributed by atoms with Crippen LogP contribution in [0, 0.1) is 6.92 Å². The number of aryl methyl sites for hydroxylation is 1. The number of rotatable bonds is 4. The number of nitrogens with zero attached hydrogens (tertiary/aromatic N) is 3. The summed E-state index contributed by atoms with van der Waals surface area (Å²) in [7, 11) is 0. The zero-order valence-electron chi connectivity index (χ0n) is 16.4. The molecular formula is C22H20N4O4. The Morgan fingerprint density at radius 2 is 1.93 bits per heavy atom. The van der Waals surface area contributed by atoms with E-state index >= 15 is 0 Å². The van der Waals surface area contributed by atoms with Crippen molar-refractivity contribution in [2.75, 3.05) is 36.6 Å². The number of carbonyl (C=O) groups is 2. The van der Waals surface area contributed by atoms with E-state index in [1.807, 2.05) is 43.3 Å². The lowest BCUT2D eigenvalue weighted by molar-refractivity contribution is -0.116. The number of urea groups is 1. The third-order valence-corrected chi connectivity index (χ3v) is 5.22. The monoisotopic (exact) mass is 404 g/mol. The molecule has 5 rings (SSSR count). The van der Waals surface area contributed by atoms with E-state index in [2.05, 4.69) is 10.3 Å². The minimum absolute atomic E-state index is 0.0183. The zero-order chi connectivity index (χ0) is 20.7. The Bertz CT molecular complexity index is 1160. The van der Waals surface area contributed by atoms with Gasteiger partial charge < -0.3 is 19.7 Å². The molecule has 1 fully saturated rings. The molecule has 1 saturated heterocycles. The van der Waals surface area contributed by atoms with Crippen LogP contribution in [0.15, 0.2) is 48.5 Å². The molecule has 3 heterocycles. The highest BCUT2D eigenvalue weighted by atomic mass is 16.7. The van der Waals surface area contributed by atoms with Crippen LogP contribution in [0.3, 0.4) is 0 Å². The summed E-state index contributed by atoms with van der Waals surface area (Å²) in [6.45, 7) is 3.02. The Hall–Kier alpha value is -3.81. The quantitative estimate of drug-likeness (QED) is 0.722. The number of anilines is 2. The predicted octanol–water partition coefficient (Wildman–Crippen LogP) is 3.15. The fraction of sp³-hybridized carbons (Fsp3) is 0.227. The minimum atomic E-state index is -0.244. The van der Waals surface area contributed by atoms with E-state index in [-0.39, 0.29) is 25.3 Å². The highest BCUT2D eigenvalue weighted by Crippen LogP contribution is 2.36. The Labute approximate surface area is 173 Å². The van der Waals surface area contributed by atoms with Crippen LogP contribution >= 0.6 is 0 Å². The van der Waals surface area contributed by atoms with E-state index in [4.69, 9.17) is 9.47 Å². The van der Waals surface area contributed by atoms with Crippen molar-refractivity contribution in [3.8, 4) is 11.5 Å². The van der Waals surface area contributed by atoms with Gasteiger partial charge in [0.2, 0.25) is 12.7 Å². The van der Waals surface area contributed by atoms with Crippen molar-refractivity contribution in [1.82, 2.24) is 9.88 Å². The van der Waals surface area contributed by atoms with Gasteiger partial charge >= 0.3 is 6.03 Å². The van der Waals surface area contributed by atoms with Crippen LogP contribution in [-0.4, -0.2) is 48.2 Å². The van der Waals surface area contributed by atoms with Crippen molar-refractivity contribution in [2.45, 2.75) is 6.92 Å². The number of carbonyl (C=O) groups excluding carboxylic acids is 2. The van der Waals surface area contributed by atoms with Gasteiger partial charge in [0, 0.05) is 35.9 Å². The van der Waals surface area contributed by atoms with Crippen molar-refractivity contribution in [2.24, 2.45) is 0 Å². The van der Waals surface area contributed by atoms with Crippen LogP contribution in [-0.2, 0) is 4.79 Å². The van der Waals surface area contributed by atoms with Crippen LogP contribution in [0.5, 0.6) is 11.5 Å². The van der Waals surface area contributed by atoms with E-state index in [1.54, 1.807) is 17.0 Å². The highest BCUT2D eigenvalue weighted by molar-refractivity contribution is 6.04. The molecule has 8 nitrogen and oxygen atoms in total. The minimum Gasteiger partial charge on any atom is -0.454 e. The zero-order valence-corrected chi connectivity index (χ0v) is 16.4. The normalized spacial score (nSPS) is 15.2. The highest BCUT2D eigenvalue weighted by Gasteiger charge is 2.31. The molecule has 2 aliphatic rings. The molecule has 152 valence electrons. The summed E-state index contributed by atoms with van der Waals surface area (Å²) >= 11 is 0. The van der Waals surface area contributed by atoms with Crippen molar-refractivity contribution in [3.05, 3.63) is 54.2 Å². The number of para-hydroxylation sites is 1. The van der Waals surface area contributed by atoms with Gasteiger partial charge in [0.1, 0.15) is 6.54 Å². The number of pyridine rings is 1. The van der Waals surface area contributed by atoms with Gasteiger partial charge in [0.25, 0.3) is 0 Å². The molecule has 1 N–H and O–H groups in total. The summed E-state index contributed by atoms with van der Waals surface area (Å²) in [5, 5.41) is 3.80. The van der Waals surface area contributed by atoms with Gasteiger partial charge in [-0.3, -0.25) is 14.7 Å². The average molecular weight is 404 g/mol. The van der Waals surface area contributed by atoms with Crippen molar-refractivity contribution in [3.63, 3.8) is 0 Å². The summed E-state index contributed by atoms with van der Waals surface area (Å²) in [5.41, 5.74) is 3.06. The van der Waals surface area contributed by atoms with Crippen molar-refractivity contribution < 1.29 is 19.1 Å². The van der Waals surface area contributed by atoms with Crippen LogP contribution in [0.4, 0.5) is 16.2 Å². The number of ether oxygens (including phenoxy) is 2. The van der Waals surface area contributed by atoms with Crippen LogP contribution in [0.2, 0.25) is 0 Å². The average Bonchev–Trinajstić information content (AvgIpc) is 3.34. The summed E-state index contributed by atoms with van der Waals surface area (Å²) in [6.07, 6.45) is 0. The first-order valence-electron chi connectivity index (χ1n) is 9.71. The summed E-state index contributed by atoms with van der Waals surface area (Å²) in [4.78, 5) is 33.2. The third kappa shape index (κ3) is 3.26. The summed E-state index contributed by atoms with van der Waals surface area (Å²) in [6, 6.07) is 14.7. The molecular weight excluding hydrogens is 384 g/mol. The number of hydrogen-bond donors (Lipinski definition) is 1. The molecule has 2 aromatic carbocycles. The molecule has 0 unspecified atom stereocenters. The van der Waals surface area contributed by atoms with E-state index in [1.165, 1.54) is 4.90 Å². The molecule has 30 heavy (non-hydrogen) atoms. The molecule has 1 aromatic heterocycles. The van der Waals surface area contributed by atoms with Gasteiger partial charge in [0.15, 0.2) is 11.5 Å². The number of benzene rings is 2. The molecule has 0 spiro atoms. The molecule has 0 aliphatic carbocycles. The Morgan fingerprint density at radius 1 is 1.10 bits per heavy atom.